The van der Waals surface area contributed by atoms with E-state index in [2.05, 4.69) is 94.0 Å². The van der Waals surface area contributed by atoms with Crippen LogP contribution in [0.1, 0.15) is 54.9 Å². The zero-order valence-electron chi connectivity index (χ0n) is 23.2. The molecule has 1 fully saturated rings. The molecule has 0 unspecified atom stereocenters. The molecule has 1 aromatic heterocycles. The van der Waals surface area contributed by atoms with Crippen LogP contribution in [0.2, 0.25) is 0 Å². The number of aryl methyl sites for hydroxylation is 3. The number of fused-ring (bicyclic) bond motifs is 5. The Kier molecular flexibility index (Phi) is 5.49. The van der Waals surface area contributed by atoms with E-state index in [0.717, 1.165) is 44.0 Å². The summed E-state index contributed by atoms with van der Waals surface area (Å²) >= 11 is 0. The monoisotopic (exact) mass is 502 g/mol. The van der Waals surface area contributed by atoms with E-state index in [0.29, 0.717) is 11.8 Å². The van der Waals surface area contributed by atoms with Gasteiger partial charge in [-0.2, -0.15) is 0 Å². The molecule has 0 aliphatic carbocycles. The molecule has 3 heterocycles. The molecule has 5 aromatic rings. The normalized spacial score (nSPS) is 15.4. The smallest absolute Gasteiger partial charge is 0.228 e. The zero-order valence-corrected chi connectivity index (χ0v) is 23.2. The van der Waals surface area contributed by atoms with Gasteiger partial charge in [-0.05, 0) is 83.7 Å². The predicted molar refractivity (Wildman–Crippen MR) is 156 cm³/mol. The minimum absolute atomic E-state index is 0.527. The fourth-order valence-electron chi connectivity index (χ4n) is 6.88. The van der Waals surface area contributed by atoms with Gasteiger partial charge in [-0.1, -0.05) is 55.8 Å². The molecule has 0 saturated carbocycles. The summed E-state index contributed by atoms with van der Waals surface area (Å²) in [5.74, 6) is 3.12. The highest BCUT2D eigenvalue weighted by molar-refractivity contribution is 6.16. The summed E-state index contributed by atoms with van der Waals surface area (Å²) in [5, 5.41) is 7.71. The van der Waals surface area contributed by atoms with Crippen molar-refractivity contribution in [2.75, 3.05) is 13.2 Å². The topological polar surface area (TPSA) is 22.3 Å². The Hall–Kier alpha value is -3.43. The van der Waals surface area contributed by atoms with E-state index >= 15 is 0 Å². The minimum atomic E-state index is 0.527. The second kappa shape index (κ2) is 8.81. The average molecular weight is 503 g/mol. The van der Waals surface area contributed by atoms with E-state index in [-0.39, 0.29) is 0 Å². The average Bonchev–Trinajstić information content (AvgIpc) is 2.92. The first-order valence-corrected chi connectivity index (χ1v) is 14.1. The Morgan fingerprint density at radius 3 is 2.47 bits per heavy atom. The Morgan fingerprint density at radius 1 is 0.895 bits per heavy atom. The molecule has 38 heavy (non-hydrogen) atoms. The van der Waals surface area contributed by atoms with Crippen molar-refractivity contribution in [2.45, 2.75) is 52.9 Å². The molecule has 0 spiro atoms. The van der Waals surface area contributed by atoms with Crippen molar-refractivity contribution in [1.29, 1.82) is 0 Å². The number of ether oxygens (including phenoxy) is 2. The molecule has 0 atom stereocenters. The maximum atomic E-state index is 7.02. The van der Waals surface area contributed by atoms with Gasteiger partial charge in [0, 0.05) is 30.2 Å². The number of aromatic nitrogens is 1. The highest BCUT2D eigenvalue weighted by Crippen LogP contribution is 2.52. The van der Waals surface area contributed by atoms with Crippen molar-refractivity contribution in [1.82, 2.24) is 0 Å². The second-order valence-corrected chi connectivity index (χ2v) is 11.9. The van der Waals surface area contributed by atoms with E-state index in [4.69, 9.17) is 9.47 Å². The Bertz CT molecular complexity index is 1760. The molecule has 3 heteroatoms. The van der Waals surface area contributed by atoms with E-state index in [9.17, 15) is 0 Å². The highest BCUT2D eigenvalue weighted by atomic mass is 16.5. The fourth-order valence-corrected chi connectivity index (χ4v) is 6.88. The lowest BCUT2D eigenvalue weighted by atomic mass is 9.85. The van der Waals surface area contributed by atoms with E-state index in [1.807, 2.05) is 0 Å². The summed E-state index contributed by atoms with van der Waals surface area (Å²) in [5.41, 5.74) is 7.85. The molecule has 0 bridgehead atoms. The molecular weight excluding hydrogens is 466 g/mol. The summed E-state index contributed by atoms with van der Waals surface area (Å²) in [6.45, 7) is 10.8. The first-order valence-electron chi connectivity index (χ1n) is 14.1. The molecule has 0 N–H and O–H groups in total. The third-order valence-electron chi connectivity index (χ3n) is 8.76. The zero-order chi connectivity index (χ0) is 26.1. The van der Waals surface area contributed by atoms with E-state index in [1.54, 1.807) is 0 Å². The highest BCUT2D eigenvalue weighted by Gasteiger charge is 2.33. The molecular formula is C35H36NO2+. The summed E-state index contributed by atoms with van der Waals surface area (Å²) < 4.78 is 14.9. The van der Waals surface area contributed by atoms with Gasteiger partial charge in [-0.25, -0.2) is 4.57 Å². The van der Waals surface area contributed by atoms with Gasteiger partial charge >= 0.3 is 0 Å². The lowest BCUT2D eigenvalue weighted by molar-refractivity contribution is -0.659. The first-order chi connectivity index (χ1) is 18.4. The second-order valence-electron chi connectivity index (χ2n) is 11.9. The number of hydrogen-bond donors (Lipinski definition) is 0. The van der Waals surface area contributed by atoms with Crippen molar-refractivity contribution in [2.24, 2.45) is 13.0 Å². The molecule has 4 aromatic carbocycles. The molecule has 1 saturated heterocycles. The molecule has 2 aliphatic rings. The van der Waals surface area contributed by atoms with Crippen molar-refractivity contribution in [3.63, 3.8) is 0 Å². The summed E-state index contributed by atoms with van der Waals surface area (Å²) in [7, 11) is 2.17. The fraction of sp³-hybridized carbons (Fsp3) is 0.343. The Labute approximate surface area is 225 Å². The van der Waals surface area contributed by atoms with Crippen LogP contribution in [-0.2, 0) is 18.2 Å². The van der Waals surface area contributed by atoms with Crippen LogP contribution in [-0.4, -0.2) is 13.2 Å². The van der Waals surface area contributed by atoms with E-state index in [1.165, 1.54) is 65.8 Å². The lowest BCUT2D eigenvalue weighted by Crippen LogP contribution is -2.32. The van der Waals surface area contributed by atoms with Crippen LogP contribution in [0.15, 0.2) is 54.7 Å². The van der Waals surface area contributed by atoms with Crippen LogP contribution in [0.3, 0.4) is 0 Å². The Balaban J connectivity index is 1.55. The summed E-state index contributed by atoms with van der Waals surface area (Å²) in [6, 6.07) is 18.5. The standard InChI is InChI=1S/C35H36NO2/c1-20(2)16-30-27-8-6-21(3)17-29(27)22(4)32-34-33-28(10-13-36(34)5)26-9-7-24(23-11-14-37-15-12-23)18-25(26)19-31(33)38-35(30)32/h6-10,13,17-20,23H,11-12,14-16H2,1-5H3/q+1. The van der Waals surface area contributed by atoms with Crippen molar-refractivity contribution in [3.05, 3.63) is 77.0 Å². The van der Waals surface area contributed by atoms with Crippen LogP contribution in [0.25, 0.3) is 43.6 Å². The predicted octanol–water partition coefficient (Wildman–Crippen LogP) is 8.45. The van der Waals surface area contributed by atoms with E-state index < -0.39 is 0 Å². The SMILES string of the molecule is Cc1ccc2c(CC(C)C)c3c(c(C)c2c1)-c1c2c(cc4cc(C5CCOCC5)ccc4c2cc[n+]1C)O3. The van der Waals surface area contributed by atoms with Crippen LogP contribution in [0, 0.1) is 19.8 Å². The molecule has 0 amide bonds. The number of benzene rings is 4. The first kappa shape index (κ1) is 23.7. The van der Waals surface area contributed by atoms with Crippen molar-refractivity contribution < 1.29 is 14.0 Å². The summed E-state index contributed by atoms with van der Waals surface area (Å²) in [4.78, 5) is 0. The van der Waals surface area contributed by atoms with Crippen LogP contribution in [0.5, 0.6) is 11.5 Å². The lowest BCUT2D eigenvalue weighted by Gasteiger charge is -2.27. The molecule has 7 rings (SSSR count). The van der Waals surface area contributed by atoms with Gasteiger partial charge in [0.25, 0.3) is 0 Å². The van der Waals surface area contributed by atoms with Gasteiger partial charge in [0.1, 0.15) is 18.5 Å². The number of hydrogen-bond acceptors (Lipinski definition) is 2. The van der Waals surface area contributed by atoms with Crippen LogP contribution < -0.4 is 9.30 Å². The Morgan fingerprint density at radius 2 is 1.68 bits per heavy atom. The van der Waals surface area contributed by atoms with Crippen molar-refractivity contribution in [3.8, 4) is 22.8 Å². The molecule has 0 radical (unpaired) electrons. The largest absolute Gasteiger partial charge is 0.455 e. The minimum Gasteiger partial charge on any atom is -0.455 e. The number of rotatable bonds is 3. The molecule has 3 nitrogen and oxygen atoms in total. The maximum Gasteiger partial charge on any atom is 0.228 e. The third kappa shape index (κ3) is 3.55. The number of pyridine rings is 1. The van der Waals surface area contributed by atoms with Crippen LogP contribution >= 0.6 is 0 Å². The quantitative estimate of drug-likeness (QED) is 0.179. The van der Waals surface area contributed by atoms with Gasteiger partial charge in [0.05, 0.1) is 10.9 Å². The molecule has 2 aliphatic heterocycles. The third-order valence-corrected chi connectivity index (χ3v) is 8.76. The van der Waals surface area contributed by atoms with Gasteiger partial charge in [0.15, 0.2) is 6.20 Å². The van der Waals surface area contributed by atoms with Gasteiger partial charge in [-0.15, -0.1) is 0 Å². The van der Waals surface area contributed by atoms with Gasteiger partial charge < -0.3 is 9.47 Å². The molecule has 192 valence electrons. The number of nitrogens with zero attached hydrogens (tertiary/aromatic N) is 1. The van der Waals surface area contributed by atoms with Crippen molar-refractivity contribution >= 4 is 32.3 Å². The van der Waals surface area contributed by atoms with Gasteiger partial charge in [0.2, 0.25) is 5.69 Å². The van der Waals surface area contributed by atoms with Crippen LogP contribution in [0.4, 0.5) is 0 Å². The summed E-state index contributed by atoms with van der Waals surface area (Å²) in [6.07, 6.45) is 5.41. The van der Waals surface area contributed by atoms with Gasteiger partial charge in [-0.3, -0.25) is 0 Å². The maximum absolute atomic E-state index is 7.02.